The zero-order valence-electron chi connectivity index (χ0n) is 12.8. The summed E-state index contributed by atoms with van der Waals surface area (Å²) in [4.78, 5) is 2.05. The highest BCUT2D eigenvalue weighted by molar-refractivity contribution is 7.90. The van der Waals surface area contributed by atoms with Gasteiger partial charge in [-0.2, -0.15) is 0 Å². The van der Waals surface area contributed by atoms with Crippen molar-refractivity contribution in [2.75, 3.05) is 45.3 Å². The van der Waals surface area contributed by atoms with Gasteiger partial charge in [-0.15, -0.1) is 0 Å². The molecule has 19 heavy (non-hydrogen) atoms. The van der Waals surface area contributed by atoms with Crippen LogP contribution in [0, 0.1) is 0 Å². The SMILES string of the molecule is CCNC(C)(CO)CCCCN(C)CCS(C)(=O)=O. The Bertz CT molecular complexity index is 333. The molecule has 0 rings (SSSR count). The normalized spacial score (nSPS) is 15.7. The lowest BCUT2D eigenvalue weighted by molar-refractivity contribution is 0.163. The molecule has 0 aliphatic carbocycles. The van der Waals surface area contributed by atoms with E-state index in [2.05, 4.69) is 5.32 Å². The fourth-order valence-corrected chi connectivity index (χ4v) is 2.62. The lowest BCUT2D eigenvalue weighted by Gasteiger charge is -2.28. The Balaban J connectivity index is 3.79. The molecule has 5 nitrogen and oxygen atoms in total. The van der Waals surface area contributed by atoms with E-state index < -0.39 is 9.84 Å². The fourth-order valence-electron chi connectivity index (χ4n) is 1.98. The van der Waals surface area contributed by atoms with Gasteiger partial charge in [0.1, 0.15) is 9.84 Å². The number of nitrogens with zero attached hydrogens (tertiary/aromatic N) is 1. The minimum Gasteiger partial charge on any atom is -0.394 e. The lowest BCUT2D eigenvalue weighted by Crippen LogP contribution is -2.45. The second kappa shape index (κ2) is 8.89. The van der Waals surface area contributed by atoms with Gasteiger partial charge < -0.3 is 15.3 Å². The van der Waals surface area contributed by atoms with Gasteiger partial charge in [0.15, 0.2) is 0 Å². The van der Waals surface area contributed by atoms with Crippen molar-refractivity contribution in [2.24, 2.45) is 0 Å². The Morgan fingerprint density at radius 2 is 1.89 bits per heavy atom. The first-order chi connectivity index (χ1) is 8.72. The van der Waals surface area contributed by atoms with E-state index in [-0.39, 0.29) is 17.9 Å². The van der Waals surface area contributed by atoms with Crippen LogP contribution in [0.25, 0.3) is 0 Å². The van der Waals surface area contributed by atoms with Crippen LogP contribution < -0.4 is 5.32 Å². The van der Waals surface area contributed by atoms with Gasteiger partial charge in [0.25, 0.3) is 0 Å². The molecule has 0 aliphatic rings. The lowest BCUT2D eigenvalue weighted by atomic mass is 9.95. The summed E-state index contributed by atoms with van der Waals surface area (Å²) in [5, 5.41) is 12.7. The molecule has 0 heterocycles. The zero-order valence-corrected chi connectivity index (χ0v) is 13.6. The van der Waals surface area contributed by atoms with Gasteiger partial charge in [-0.1, -0.05) is 13.3 Å². The summed E-state index contributed by atoms with van der Waals surface area (Å²) in [6.07, 6.45) is 4.23. The average molecular weight is 294 g/mol. The van der Waals surface area contributed by atoms with E-state index in [0.29, 0.717) is 6.54 Å². The molecule has 0 aromatic carbocycles. The molecule has 2 N–H and O–H groups in total. The molecule has 116 valence electrons. The number of nitrogens with one attached hydrogen (secondary N) is 1. The Labute approximate surface area is 118 Å². The number of unbranched alkanes of at least 4 members (excludes halogenated alkanes) is 1. The number of aliphatic hydroxyl groups excluding tert-OH is 1. The molecule has 6 heteroatoms. The molecule has 0 aliphatic heterocycles. The van der Waals surface area contributed by atoms with Crippen molar-refractivity contribution in [3.05, 3.63) is 0 Å². The summed E-state index contributed by atoms with van der Waals surface area (Å²) in [5.41, 5.74) is -0.194. The largest absolute Gasteiger partial charge is 0.394 e. The maximum absolute atomic E-state index is 11.0. The molecule has 0 radical (unpaired) electrons. The second-order valence-electron chi connectivity index (χ2n) is 5.64. The number of likely N-dealkylation sites (N-methyl/N-ethyl adjacent to an activating group) is 1. The minimum absolute atomic E-state index is 0.144. The van der Waals surface area contributed by atoms with Crippen LogP contribution in [0.3, 0.4) is 0 Å². The van der Waals surface area contributed by atoms with Crippen LogP contribution in [-0.2, 0) is 9.84 Å². The van der Waals surface area contributed by atoms with E-state index in [1.54, 1.807) is 0 Å². The number of sulfone groups is 1. The fraction of sp³-hybridized carbons (Fsp3) is 1.00. The molecular weight excluding hydrogens is 264 g/mol. The van der Waals surface area contributed by atoms with Crippen molar-refractivity contribution in [1.82, 2.24) is 10.2 Å². The Kier molecular flexibility index (Phi) is 8.81. The van der Waals surface area contributed by atoms with Crippen LogP contribution in [0.1, 0.15) is 33.1 Å². The maximum atomic E-state index is 11.0. The summed E-state index contributed by atoms with van der Waals surface area (Å²) in [7, 11) is -0.924. The molecule has 1 atom stereocenters. The first-order valence-corrected chi connectivity index (χ1v) is 9.00. The van der Waals surface area contributed by atoms with E-state index in [0.717, 1.165) is 32.4 Å². The molecule has 0 aromatic rings. The zero-order chi connectivity index (χ0) is 14.9. The Morgan fingerprint density at radius 3 is 2.37 bits per heavy atom. The third-order valence-electron chi connectivity index (χ3n) is 3.31. The van der Waals surface area contributed by atoms with E-state index in [9.17, 15) is 13.5 Å². The monoisotopic (exact) mass is 294 g/mol. The summed E-state index contributed by atoms with van der Waals surface area (Å²) in [6, 6.07) is 0. The number of hydrogen-bond acceptors (Lipinski definition) is 5. The molecule has 0 bridgehead atoms. The van der Waals surface area contributed by atoms with Crippen molar-refractivity contribution in [1.29, 1.82) is 0 Å². The van der Waals surface area contributed by atoms with Crippen molar-refractivity contribution < 1.29 is 13.5 Å². The van der Waals surface area contributed by atoms with Gasteiger partial charge in [-0.25, -0.2) is 8.42 Å². The smallest absolute Gasteiger partial charge is 0.148 e. The van der Waals surface area contributed by atoms with E-state index in [1.807, 2.05) is 25.8 Å². The highest BCUT2D eigenvalue weighted by Gasteiger charge is 2.20. The van der Waals surface area contributed by atoms with Gasteiger partial charge in [-0.3, -0.25) is 0 Å². The minimum atomic E-state index is -2.87. The van der Waals surface area contributed by atoms with Crippen molar-refractivity contribution >= 4 is 9.84 Å². The van der Waals surface area contributed by atoms with Crippen LogP contribution >= 0.6 is 0 Å². The van der Waals surface area contributed by atoms with Gasteiger partial charge in [0, 0.05) is 18.3 Å². The van der Waals surface area contributed by atoms with Gasteiger partial charge in [0.05, 0.1) is 12.4 Å². The predicted molar refractivity (Wildman–Crippen MR) is 80.2 cm³/mol. The summed E-state index contributed by atoms with van der Waals surface area (Å²) in [5.74, 6) is 0.218. The number of hydrogen-bond donors (Lipinski definition) is 2. The molecule has 0 fully saturated rings. The molecule has 0 saturated heterocycles. The van der Waals surface area contributed by atoms with Gasteiger partial charge in [0.2, 0.25) is 0 Å². The molecule has 0 saturated carbocycles. The van der Waals surface area contributed by atoms with Gasteiger partial charge in [-0.05, 0) is 39.9 Å². The molecule has 0 aromatic heterocycles. The number of rotatable bonds is 11. The quantitative estimate of drug-likeness (QED) is 0.543. The first-order valence-electron chi connectivity index (χ1n) is 6.94. The first kappa shape index (κ1) is 18.8. The third kappa shape index (κ3) is 10.3. The molecule has 1 unspecified atom stereocenters. The van der Waals surface area contributed by atoms with Gasteiger partial charge >= 0.3 is 0 Å². The molecule has 0 spiro atoms. The number of aliphatic hydroxyl groups is 1. The predicted octanol–water partition coefficient (Wildman–Crippen LogP) is 0.494. The Morgan fingerprint density at radius 1 is 1.26 bits per heavy atom. The van der Waals surface area contributed by atoms with Crippen LogP contribution in [0.15, 0.2) is 0 Å². The van der Waals surface area contributed by atoms with Crippen LogP contribution in [0.2, 0.25) is 0 Å². The highest BCUT2D eigenvalue weighted by atomic mass is 32.2. The molecule has 0 amide bonds. The highest BCUT2D eigenvalue weighted by Crippen LogP contribution is 2.13. The van der Waals surface area contributed by atoms with E-state index in [4.69, 9.17) is 0 Å². The Hall–Kier alpha value is -0.170. The maximum Gasteiger partial charge on any atom is 0.148 e. The van der Waals surface area contributed by atoms with E-state index in [1.165, 1.54) is 6.26 Å². The third-order valence-corrected chi connectivity index (χ3v) is 4.24. The van der Waals surface area contributed by atoms with Crippen molar-refractivity contribution in [3.63, 3.8) is 0 Å². The van der Waals surface area contributed by atoms with Crippen LogP contribution in [0.5, 0.6) is 0 Å². The second-order valence-corrected chi connectivity index (χ2v) is 7.90. The standard InChI is InChI=1S/C13H30N2O3S/c1-5-14-13(2,12-16)8-6-7-9-15(3)10-11-19(4,17)18/h14,16H,5-12H2,1-4H3. The molecular formula is C13H30N2O3S. The van der Waals surface area contributed by atoms with E-state index >= 15 is 0 Å². The average Bonchev–Trinajstić information content (AvgIpc) is 2.32. The summed E-state index contributed by atoms with van der Waals surface area (Å²) < 4.78 is 22.1. The topological polar surface area (TPSA) is 69.6 Å². The van der Waals surface area contributed by atoms with Crippen LogP contribution in [0.4, 0.5) is 0 Å². The summed E-state index contributed by atoms with van der Waals surface area (Å²) >= 11 is 0. The van der Waals surface area contributed by atoms with Crippen LogP contribution in [-0.4, -0.2) is 69.3 Å². The van der Waals surface area contributed by atoms with Crippen molar-refractivity contribution in [2.45, 2.75) is 38.6 Å². The van der Waals surface area contributed by atoms with Crippen molar-refractivity contribution in [3.8, 4) is 0 Å². The summed E-state index contributed by atoms with van der Waals surface area (Å²) in [6.45, 7) is 6.54.